The van der Waals surface area contributed by atoms with Crippen molar-refractivity contribution in [3.63, 3.8) is 0 Å². The van der Waals surface area contributed by atoms with Gasteiger partial charge >= 0.3 is 6.09 Å². The monoisotopic (exact) mass is 472 g/mol. The van der Waals surface area contributed by atoms with Crippen LogP contribution in [0.3, 0.4) is 0 Å². The number of carbonyl (C=O) groups is 2. The predicted octanol–water partition coefficient (Wildman–Crippen LogP) is 4.54. The molecule has 1 aliphatic heterocycles. The number of fused-ring (bicyclic) bond motifs is 1. The topological polar surface area (TPSA) is 95.1 Å². The molecule has 5 rings (SSSR count). The van der Waals surface area contributed by atoms with Gasteiger partial charge < -0.3 is 9.64 Å². The zero-order valence-electron chi connectivity index (χ0n) is 20.1. The number of carbonyl (C=O) groups excluding carboxylic acids is 2. The molecule has 0 unspecified atom stereocenters. The quantitative estimate of drug-likeness (QED) is 0.394. The van der Waals surface area contributed by atoms with Crippen LogP contribution >= 0.6 is 0 Å². The Morgan fingerprint density at radius 2 is 1.91 bits per heavy atom. The molecule has 1 aromatic carbocycles. The van der Waals surface area contributed by atoms with Gasteiger partial charge in [-0.05, 0) is 57.4 Å². The van der Waals surface area contributed by atoms with Gasteiger partial charge in [0, 0.05) is 30.2 Å². The molecule has 0 atom stereocenters. The second kappa shape index (κ2) is 8.98. The third kappa shape index (κ3) is 4.80. The molecule has 0 N–H and O–H groups in total. The smallest absolute Gasteiger partial charge is 0.419 e. The zero-order valence-corrected chi connectivity index (χ0v) is 20.1. The van der Waals surface area contributed by atoms with Gasteiger partial charge in [0.25, 0.3) is 0 Å². The molecule has 0 bridgehead atoms. The van der Waals surface area contributed by atoms with Crippen LogP contribution in [0.15, 0.2) is 48.9 Å². The number of aldehydes is 1. The summed E-state index contributed by atoms with van der Waals surface area (Å²) in [6.45, 7) is 7.94. The Hall–Kier alpha value is -4.01. The average molecular weight is 473 g/mol. The molecule has 1 fully saturated rings. The maximum atomic E-state index is 12.8. The van der Waals surface area contributed by atoms with Gasteiger partial charge in [-0.3, -0.25) is 9.78 Å². The van der Waals surface area contributed by atoms with E-state index in [-0.39, 0.29) is 5.69 Å². The summed E-state index contributed by atoms with van der Waals surface area (Å²) >= 11 is 0. The number of rotatable bonds is 5. The number of nitrogens with zero attached hydrogens (tertiary/aromatic N) is 6. The van der Waals surface area contributed by atoms with Crippen molar-refractivity contribution in [1.82, 2.24) is 24.5 Å². The highest BCUT2D eigenvalue weighted by Gasteiger charge is 2.22. The molecular formula is C26H28N6O3. The van der Waals surface area contributed by atoms with Crippen LogP contribution < -0.4 is 4.90 Å². The van der Waals surface area contributed by atoms with E-state index in [9.17, 15) is 9.59 Å². The number of hydrogen-bond acceptors (Lipinski definition) is 7. The van der Waals surface area contributed by atoms with E-state index >= 15 is 0 Å². The van der Waals surface area contributed by atoms with Crippen LogP contribution in [0, 0.1) is 0 Å². The lowest BCUT2D eigenvalue weighted by Gasteiger charge is -2.20. The van der Waals surface area contributed by atoms with Crippen molar-refractivity contribution in [2.45, 2.75) is 45.8 Å². The second-order valence-corrected chi connectivity index (χ2v) is 9.82. The summed E-state index contributed by atoms with van der Waals surface area (Å²) in [6.07, 6.45) is 8.07. The molecule has 3 aromatic heterocycles. The van der Waals surface area contributed by atoms with E-state index in [4.69, 9.17) is 4.74 Å². The third-order valence-electron chi connectivity index (χ3n) is 5.97. The number of anilines is 1. The fourth-order valence-electron chi connectivity index (χ4n) is 4.38. The Bertz CT molecular complexity index is 1390. The SMILES string of the molecule is CC(C)(C)OC(=O)n1c(C=O)cc2ccc(Cn3cc(-c4cncc(N5CCCC5)c4)nn3)cc21. The van der Waals surface area contributed by atoms with Crippen LogP contribution in [0.25, 0.3) is 22.2 Å². The molecule has 35 heavy (non-hydrogen) atoms. The number of aromatic nitrogens is 5. The molecule has 0 radical (unpaired) electrons. The van der Waals surface area contributed by atoms with Gasteiger partial charge in [0.2, 0.25) is 0 Å². The number of pyridine rings is 1. The van der Waals surface area contributed by atoms with Gasteiger partial charge in [0.1, 0.15) is 11.3 Å². The lowest BCUT2D eigenvalue weighted by atomic mass is 10.1. The van der Waals surface area contributed by atoms with Crippen LogP contribution in [0.1, 0.15) is 49.7 Å². The van der Waals surface area contributed by atoms with Crippen LogP contribution in [-0.4, -0.2) is 55.6 Å². The summed E-state index contributed by atoms with van der Waals surface area (Å²) in [7, 11) is 0. The molecule has 1 saturated heterocycles. The van der Waals surface area contributed by atoms with Crippen LogP contribution in [-0.2, 0) is 11.3 Å². The lowest BCUT2D eigenvalue weighted by Crippen LogP contribution is -2.28. The van der Waals surface area contributed by atoms with Crippen molar-refractivity contribution in [2.75, 3.05) is 18.0 Å². The fourth-order valence-corrected chi connectivity index (χ4v) is 4.38. The maximum Gasteiger partial charge on any atom is 0.419 e. The van der Waals surface area contributed by atoms with E-state index in [1.165, 1.54) is 17.4 Å². The van der Waals surface area contributed by atoms with E-state index < -0.39 is 11.7 Å². The predicted molar refractivity (Wildman–Crippen MR) is 133 cm³/mol. The highest BCUT2D eigenvalue weighted by molar-refractivity contribution is 5.97. The summed E-state index contributed by atoms with van der Waals surface area (Å²) in [5, 5.41) is 9.42. The van der Waals surface area contributed by atoms with Crippen LogP contribution in [0.2, 0.25) is 0 Å². The third-order valence-corrected chi connectivity index (χ3v) is 5.97. The van der Waals surface area contributed by atoms with Crippen molar-refractivity contribution in [3.05, 3.63) is 60.2 Å². The molecule has 9 heteroatoms. The summed E-state index contributed by atoms with van der Waals surface area (Å²) in [6, 6.07) is 9.51. The van der Waals surface area contributed by atoms with Gasteiger partial charge in [0.05, 0.1) is 35.8 Å². The van der Waals surface area contributed by atoms with Gasteiger partial charge in [-0.15, -0.1) is 5.10 Å². The molecular weight excluding hydrogens is 444 g/mol. The Balaban J connectivity index is 1.41. The van der Waals surface area contributed by atoms with Gasteiger partial charge in [-0.2, -0.15) is 0 Å². The van der Waals surface area contributed by atoms with Gasteiger partial charge in [-0.1, -0.05) is 17.3 Å². The Kier molecular flexibility index (Phi) is 5.84. The van der Waals surface area contributed by atoms with Gasteiger partial charge in [0.15, 0.2) is 6.29 Å². The first kappa shape index (κ1) is 22.8. The minimum atomic E-state index is -0.677. The number of hydrogen-bond donors (Lipinski definition) is 0. The highest BCUT2D eigenvalue weighted by Crippen LogP contribution is 2.26. The fraction of sp³-hybridized carbons (Fsp3) is 0.346. The molecule has 180 valence electrons. The number of ether oxygens (including phenoxy) is 1. The molecule has 9 nitrogen and oxygen atoms in total. The zero-order chi connectivity index (χ0) is 24.6. The van der Waals surface area contributed by atoms with E-state index in [2.05, 4.69) is 26.3 Å². The summed E-state index contributed by atoms with van der Waals surface area (Å²) in [5.41, 5.74) is 3.88. The standard InChI is InChI=1S/C26H28N6O3/c1-26(2,3)35-25(34)32-22(17-33)11-19-7-6-18(10-24(19)32)15-31-16-23(28-29-31)20-12-21(14-27-13-20)30-8-4-5-9-30/h6-7,10-14,16-17H,4-5,8-9,15H2,1-3H3. The van der Waals surface area contributed by atoms with E-state index in [0.29, 0.717) is 18.3 Å². The van der Waals surface area contributed by atoms with E-state index in [0.717, 1.165) is 41.0 Å². The largest absolute Gasteiger partial charge is 0.443 e. The molecule has 1 aliphatic rings. The Morgan fingerprint density at radius 1 is 1.11 bits per heavy atom. The molecule has 0 saturated carbocycles. The van der Waals surface area contributed by atoms with Crippen LogP contribution in [0.4, 0.5) is 10.5 Å². The van der Waals surface area contributed by atoms with Gasteiger partial charge in [-0.25, -0.2) is 14.0 Å². The summed E-state index contributed by atoms with van der Waals surface area (Å²) < 4.78 is 8.59. The summed E-state index contributed by atoms with van der Waals surface area (Å²) in [4.78, 5) is 31.2. The molecule has 0 aliphatic carbocycles. The molecule has 4 heterocycles. The van der Waals surface area contributed by atoms with Crippen molar-refractivity contribution in [2.24, 2.45) is 0 Å². The Labute approximate surface area is 203 Å². The summed E-state index contributed by atoms with van der Waals surface area (Å²) in [5.74, 6) is 0. The first-order valence-electron chi connectivity index (χ1n) is 11.7. The van der Waals surface area contributed by atoms with Crippen molar-refractivity contribution in [3.8, 4) is 11.3 Å². The number of benzene rings is 1. The van der Waals surface area contributed by atoms with Crippen molar-refractivity contribution in [1.29, 1.82) is 0 Å². The minimum Gasteiger partial charge on any atom is -0.443 e. The molecule has 0 amide bonds. The lowest BCUT2D eigenvalue weighted by molar-refractivity contribution is 0.0538. The second-order valence-electron chi connectivity index (χ2n) is 9.82. The average Bonchev–Trinajstić information content (AvgIpc) is 3.57. The first-order valence-corrected chi connectivity index (χ1v) is 11.7. The van der Waals surface area contributed by atoms with Crippen molar-refractivity contribution >= 4 is 29.0 Å². The highest BCUT2D eigenvalue weighted by atomic mass is 16.6. The normalized spacial score (nSPS) is 14.0. The maximum absolute atomic E-state index is 12.8. The molecule has 4 aromatic rings. The van der Waals surface area contributed by atoms with Crippen LogP contribution in [0.5, 0.6) is 0 Å². The van der Waals surface area contributed by atoms with E-state index in [1.54, 1.807) is 37.7 Å². The Morgan fingerprint density at radius 3 is 2.66 bits per heavy atom. The van der Waals surface area contributed by atoms with Crippen molar-refractivity contribution < 1.29 is 14.3 Å². The first-order chi connectivity index (χ1) is 16.8. The van der Waals surface area contributed by atoms with E-state index in [1.807, 2.05) is 30.6 Å². The molecule has 0 spiro atoms. The minimum absolute atomic E-state index is 0.250.